The summed E-state index contributed by atoms with van der Waals surface area (Å²) in [5, 5.41) is 0. The molecule has 1 saturated carbocycles. The van der Waals surface area contributed by atoms with Crippen molar-refractivity contribution in [3.8, 4) is 0 Å². The van der Waals surface area contributed by atoms with Crippen LogP contribution < -0.4 is 0 Å². The second-order valence-corrected chi connectivity index (χ2v) is 3.84. The Balaban J connectivity index is 2.52. The van der Waals surface area contributed by atoms with E-state index < -0.39 is 6.17 Å². The molecule has 4 unspecified atom stereocenters. The zero-order valence-electron chi connectivity index (χ0n) is 7.10. The van der Waals surface area contributed by atoms with E-state index >= 15 is 0 Å². The second kappa shape index (κ2) is 2.89. The fourth-order valence-corrected chi connectivity index (χ4v) is 1.78. The van der Waals surface area contributed by atoms with Gasteiger partial charge in [0.05, 0.1) is 0 Å². The lowest BCUT2D eigenvalue weighted by atomic mass is 9.75. The fraction of sp³-hybridized carbons (Fsp3) is 1.00. The number of hydrogen-bond acceptors (Lipinski definition) is 0. The first-order valence-electron chi connectivity index (χ1n) is 4.27. The highest BCUT2D eigenvalue weighted by atomic mass is 19.1. The maximum Gasteiger partial charge on any atom is 0.105 e. The lowest BCUT2D eigenvalue weighted by molar-refractivity contribution is 0.0788. The highest BCUT2D eigenvalue weighted by Crippen LogP contribution is 2.35. The van der Waals surface area contributed by atoms with Gasteiger partial charge in [-0.2, -0.15) is 0 Å². The van der Waals surface area contributed by atoms with E-state index in [1.165, 1.54) is 6.42 Å². The molecule has 10 heavy (non-hydrogen) atoms. The Hall–Kier alpha value is -0.0700. The molecule has 60 valence electrons. The average Bonchev–Trinajstić information content (AvgIpc) is 1.93. The van der Waals surface area contributed by atoms with E-state index in [1.807, 2.05) is 13.8 Å². The molecule has 4 atom stereocenters. The van der Waals surface area contributed by atoms with Crippen LogP contribution in [0.5, 0.6) is 0 Å². The highest BCUT2D eigenvalue weighted by molar-refractivity contribution is 4.80. The number of rotatable bonds is 0. The van der Waals surface area contributed by atoms with Crippen LogP contribution in [0.15, 0.2) is 0 Å². The number of halogens is 1. The molecule has 0 N–H and O–H groups in total. The van der Waals surface area contributed by atoms with E-state index in [0.717, 1.165) is 6.42 Å². The molecule has 1 aliphatic carbocycles. The van der Waals surface area contributed by atoms with Crippen LogP contribution >= 0.6 is 0 Å². The van der Waals surface area contributed by atoms with E-state index in [-0.39, 0.29) is 5.92 Å². The molecule has 0 nitrogen and oxygen atoms in total. The van der Waals surface area contributed by atoms with Crippen molar-refractivity contribution >= 4 is 0 Å². The van der Waals surface area contributed by atoms with Gasteiger partial charge < -0.3 is 0 Å². The van der Waals surface area contributed by atoms with Crippen molar-refractivity contribution in [1.82, 2.24) is 0 Å². The summed E-state index contributed by atoms with van der Waals surface area (Å²) >= 11 is 0. The van der Waals surface area contributed by atoms with E-state index in [4.69, 9.17) is 0 Å². The molecule has 0 amide bonds. The molecule has 0 radical (unpaired) electrons. The predicted octanol–water partition coefficient (Wildman–Crippen LogP) is 3.03. The van der Waals surface area contributed by atoms with Gasteiger partial charge in [0.2, 0.25) is 0 Å². The lowest BCUT2D eigenvalue weighted by Gasteiger charge is -2.33. The summed E-state index contributed by atoms with van der Waals surface area (Å²) in [6.07, 6.45) is 1.74. The van der Waals surface area contributed by atoms with Crippen molar-refractivity contribution in [3.05, 3.63) is 0 Å². The van der Waals surface area contributed by atoms with Gasteiger partial charge in [-0.05, 0) is 30.6 Å². The Labute approximate surface area is 62.8 Å². The van der Waals surface area contributed by atoms with Crippen LogP contribution in [-0.2, 0) is 0 Å². The summed E-state index contributed by atoms with van der Waals surface area (Å²) in [5.41, 5.74) is 0. The zero-order valence-corrected chi connectivity index (χ0v) is 7.10. The van der Waals surface area contributed by atoms with Gasteiger partial charge >= 0.3 is 0 Å². The molecular formula is C9H17F. The molecule has 1 aliphatic rings. The maximum atomic E-state index is 13.2. The minimum absolute atomic E-state index is 0.281. The third-order valence-corrected chi connectivity index (χ3v) is 3.02. The predicted molar refractivity (Wildman–Crippen MR) is 41.6 cm³/mol. The minimum atomic E-state index is -0.552. The molecule has 0 bridgehead atoms. The summed E-state index contributed by atoms with van der Waals surface area (Å²) in [6, 6.07) is 0. The molecule has 0 aromatic heterocycles. The Kier molecular flexibility index (Phi) is 2.32. The molecule has 0 spiro atoms. The Bertz CT molecular complexity index is 97.3. The molecular weight excluding hydrogens is 127 g/mol. The smallest absolute Gasteiger partial charge is 0.105 e. The molecule has 0 aromatic rings. The van der Waals surface area contributed by atoms with Crippen LogP contribution in [0, 0.1) is 17.8 Å². The van der Waals surface area contributed by atoms with Crippen molar-refractivity contribution in [2.24, 2.45) is 17.8 Å². The fourth-order valence-electron chi connectivity index (χ4n) is 1.78. The van der Waals surface area contributed by atoms with Crippen LogP contribution in [0.4, 0.5) is 4.39 Å². The van der Waals surface area contributed by atoms with Crippen molar-refractivity contribution in [2.75, 3.05) is 0 Å². The highest BCUT2D eigenvalue weighted by Gasteiger charge is 2.31. The Morgan fingerprint density at radius 2 is 1.50 bits per heavy atom. The first kappa shape index (κ1) is 8.03. The van der Waals surface area contributed by atoms with Crippen LogP contribution in [0.3, 0.4) is 0 Å². The molecule has 0 aliphatic heterocycles. The third-order valence-electron chi connectivity index (χ3n) is 3.02. The van der Waals surface area contributed by atoms with E-state index in [0.29, 0.717) is 11.8 Å². The SMILES string of the molecule is CC1CCC(C)C(F)C1C. The quantitative estimate of drug-likeness (QED) is 0.490. The topological polar surface area (TPSA) is 0 Å². The second-order valence-electron chi connectivity index (χ2n) is 3.84. The summed E-state index contributed by atoms with van der Waals surface area (Å²) in [4.78, 5) is 0. The van der Waals surface area contributed by atoms with Gasteiger partial charge in [0.1, 0.15) is 6.17 Å². The van der Waals surface area contributed by atoms with Gasteiger partial charge in [-0.1, -0.05) is 20.8 Å². The first-order chi connectivity index (χ1) is 4.63. The molecule has 0 saturated heterocycles. The van der Waals surface area contributed by atoms with Crippen molar-refractivity contribution < 1.29 is 4.39 Å². The molecule has 1 rings (SSSR count). The number of alkyl halides is 1. The monoisotopic (exact) mass is 144 g/mol. The minimum Gasteiger partial charge on any atom is -0.247 e. The van der Waals surface area contributed by atoms with Crippen LogP contribution in [-0.4, -0.2) is 6.17 Å². The van der Waals surface area contributed by atoms with E-state index in [9.17, 15) is 4.39 Å². The molecule has 0 heterocycles. The van der Waals surface area contributed by atoms with Crippen molar-refractivity contribution in [3.63, 3.8) is 0 Å². The van der Waals surface area contributed by atoms with Gasteiger partial charge in [-0.3, -0.25) is 0 Å². The lowest BCUT2D eigenvalue weighted by Crippen LogP contribution is -2.31. The summed E-state index contributed by atoms with van der Waals surface area (Å²) < 4.78 is 13.2. The Morgan fingerprint density at radius 3 is 2.00 bits per heavy atom. The summed E-state index contributed by atoms with van der Waals surface area (Å²) in [5.74, 6) is 1.17. The standard InChI is InChI=1S/C9H17F/c1-6-4-5-7(2)9(10)8(6)3/h6-9H,4-5H2,1-3H3. The molecule has 0 aromatic carbocycles. The largest absolute Gasteiger partial charge is 0.247 e. The average molecular weight is 144 g/mol. The number of hydrogen-bond donors (Lipinski definition) is 0. The van der Waals surface area contributed by atoms with Gasteiger partial charge in [0.15, 0.2) is 0 Å². The molecule has 1 fully saturated rings. The van der Waals surface area contributed by atoms with Gasteiger partial charge in [0.25, 0.3) is 0 Å². The first-order valence-corrected chi connectivity index (χ1v) is 4.27. The Morgan fingerprint density at radius 1 is 1.00 bits per heavy atom. The van der Waals surface area contributed by atoms with Gasteiger partial charge in [-0.25, -0.2) is 4.39 Å². The zero-order chi connectivity index (χ0) is 7.72. The van der Waals surface area contributed by atoms with Crippen LogP contribution in [0.2, 0.25) is 0 Å². The van der Waals surface area contributed by atoms with Crippen molar-refractivity contribution in [2.45, 2.75) is 39.8 Å². The van der Waals surface area contributed by atoms with Crippen LogP contribution in [0.25, 0.3) is 0 Å². The maximum absolute atomic E-state index is 13.2. The normalized spacial score (nSPS) is 49.2. The van der Waals surface area contributed by atoms with Gasteiger partial charge in [0, 0.05) is 0 Å². The van der Waals surface area contributed by atoms with Gasteiger partial charge in [-0.15, -0.1) is 0 Å². The van der Waals surface area contributed by atoms with Crippen molar-refractivity contribution in [1.29, 1.82) is 0 Å². The summed E-state index contributed by atoms with van der Waals surface area (Å²) in [7, 11) is 0. The molecule has 1 heteroatoms. The van der Waals surface area contributed by atoms with E-state index in [1.54, 1.807) is 0 Å². The summed E-state index contributed by atoms with van der Waals surface area (Å²) in [6.45, 7) is 6.21. The van der Waals surface area contributed by atoms with E-state index in [2.05, 4.69) is 6.92 Å². The van der Waals surface area contributed by atoms with Crippen LogP contribution in [0.1, 0.15) is 33.6 Å². The third kappa shape index (κ3) is 1.33.